The van der Waals surface area contributed by atoms with Crippen LogP contribution in [0.25, 0.3) is 10.8 Å². The van der Waals surface area contributed by atoms with E-state index in [1.54, 1.807) is 48.5 Å². The zero-order chi connectivity index (χ0) is 30.2. The van der Waals surface area contributed by atoms with E-state index in [1.165, 1.54) is 6.21 Å². The van der Waals surface area contributed by atoms with E-state index in [2.05, 4.69) is 55.4 Å². The Hall–Kier alpha value is -4.31. The van der Waals surface area contributed by atoms with Crippen LogP contribution in [0.4, 0.5) is 0 Å². The van der Waals surface area contributed by atoms with Gasteiger partial charge in [-0.05, 0) is 80.6 Å². The highest BCUT2D eigenvalue weighted by Crippen LogP contribution is 2.28. The Morgan fingerprint density at radius 2 is 1.63 bits per heavy atom. The number of hydrazone groups is 1. The van der Waals surface area contributed by atoms with Crippen LogP contribution < -0.4 is 14.9 Å². The van der Waals surface area contributed by atoms with Crippen molar-refractivity contribution < 1.29 is 17.9 Å². The third-order valence-electron chi connectivity index (χ3n) is 6.84. The maximum Gasteiger partial charge on any atom is 0.242 e. The summed E-state index contributed by atoms with van der Waals surface area (Å²) in [5.41, 5.74) is 5.96. The van der Waals surface area contributed by atoms with Crippen LogP contribution >= 0.6 is 15.9 Å². The van der Waals surface area contributed by atoms with Gasteiger partial charge in [0.1, 0.15) is 12.4 Å². The maximum absolute atomic E-state index is 13.1. The monoisotopic (exact) mass is 655 g/mol. The minimum absolute atomic E-state index is 0.132. The molecular formula is C34H30BrN3O4S. The molecule has 0 fully saturated rings. The number of halogens is 1. The normalized spacial score (nSPS) is 12.3. The van der Waals surface area contributed by atoms with Gasteiger partial charge in [-0.1, -0.05) is 90.5 Å². The molecule has 0 unspecified atom stereocenters. The lowest BCUT2D eigenvalue weighted by Gasteiger charge is -2.18. The number of aryl methyl sites for hydroxylation is 1. The summed E-state index contributed by atoms with van der Waals surface area (Å²) in [5, 5.41) is 6.40. The van der Waals surface area contributed by atoms with Crippen molar-refractivity contribution in [2.24, 2.45) is 5.10 Å². The fraction of sp³-hybridized carbons (Fsp3) is 0.118. The van der Waals surface area contributed by atoms with Crippen LogP contribution in [0, 0.1) is 6.92 Å². The summed E-state index contributed by atoms with van der Waals surface area (Å²) in [6.07, 6.45) is 1.38. The molecule has 7 nitrogen and oxygen atoms in total. The summed E-state index contributed by atoms with van der Waals surface area (Å²) < 4.78 is 35.6. The van der Waals surface area contributed by atoms with Gasteiger partial charge in [-0.2, -0.15) is 5.10 Å². The maximum atomic E-state index is 13.1. The minimum atomic E-state index is -3.86. The first-order valence-corrected chi connectivity index (χ1v) is 15.9. The average Bonchev–Trinajstić information content (AvgIpc) is 3.01. The molecule has 0 aromatic heterocycles. The number of hydrogen-bond acceptors (Lipinski definition) is 5. The standard InChI is InChI=1S/C34H30BrN3O4S/c1-24-14-17-29(18-15-24)43(40,41)38-32(27-9-3-2-4-10-27)21-34(39)37-36-22-25-16-19-33(31(35)20-25)42-23-28-12-7-11-26-8-5-6-13-30(26)28/h2-20,22,32,38H,21,23H2,1H3,(H,37,39)/b36-22-/t32-/m0/s1. The summed E-state index contributed by atoms with van der Waals surface area (Å²) >= 11 is 3.56. The summed E-state index contributed by atoms with van der Waals surface area (Å²) in [7, 11) is -3.86. The molecule has 0 aliphatic carbocycles. The molecule has 1 atom stereocenters. The van der Waals surface area contributed by atoms with Crippen LogP contribution in [0.3, 0.4) is 0 Å². The number of ether oxygens (including phenoxy) is 1. The van der Waals surface area contributed by atoms with Crippen molar-refractivity contribution in [3.63, 3.8) is 0 Å². The lowest BCUT2D eigenvalue weighted by molar-refractivity contribution is -0.121. The van der Waals surface area contributed by atoms with Gasteiger partial charge < -0.3 is 4.74 Å². The molecule has 5 aromatic carbocycles. The molecule has 9 heteroatoms. The fourth-order valence-electron chi connectivity index (χ4n) is 4.58. The number of fused-ring (bicyclic) bond motifs is 1. The van der Waals surface area contributed by atoms with Crippen molar-refractivity contribution in [1.82, 2.24) is 10.1 Å². The smallest absolute Gasteiger partial charge is 0.242 e. The summed E-state index contributed by atoms with van der Waals surface area (Å²) in [5.74, 6) is 0.242. The molecule has 2 N–H and O–H groups in total. The minimum Gasteiger partial charge on any atom is -0.488 e. The van der Waals surface area contributed by atoms with E-state index in [1.807, 2.05) is 49.4 Å². The molecular weight excluding hydrogens is 626 g/mol. The first-order chi connectivity index (χ1) is 20.8. The Morgan fingerprint density at radius 1 is 0.907 bits per heavy atom. The highest BCUT2D eigenvalue weighted by atomic mass is 79.9. The zero-order valence-corrected chi connectivity index (χ0v) is 25.8. The van der Waals surface area contributed by atoms with Crippen LogP contribution in [0.5, 0.6) is 5.75 Å². The number of hydrogen-bond donors (Lipinski definition) is 2. The van der Waals surface area contributed by atoms with Gasteiger partial charge in [0.2, 0.25) is 15.9 Å². The topological polar surface area (TPSA) is 96.9 Å². The van der Waals surface area contributed by atoms with Gasteiger partial charge in [0, 0.05) is 6.42 Å². The average molecular weight is 657 g/mol. The lowest BCUT2D eigenvalue weighted by atomic mass is 10.0. The molecule has 0 aliphatic heterocycles. The van der Waals surface area contributed by atoms with Crippen molar-refractivity contribution in [2.75, 3.05) is 0 Å². The Labute approximate surface area is 259 Å². The quantitative estimate of drug-likeness (QED) is 0.118. The Kier molecular flexibility index (Phi) is 9.66. The Bertz CT molecular complexity index is 1860. The molecule has 0 aliphatic rings. The number of carbonyl (C=O) groups excluding carboxylic acids is 1. The van der Waals surface area contributed by atoms with Gasteiger partial charge in [-0.3, -0.25) is 4.79 Å². The van der Waals surface area contributed by atoms with E-state index < -0.39 is 22.0 Å². The number of carbonyl (C=O) groups is 1. The van der Waals surface area contributed by atoms with Gasteiger partial charge in [0.15, 0.2) is 0 Å². The molecule has 1 amide bonds. The molecule has 0 saturated heterocycles. The first-order valence-electron chi connectivity index (χ1n) is 13.6. The summed E-state index contributed by atoms with van der Waals surface area (Å²) in [6.45, 7) is 2.30. The van der Waals surface area contributed by atoms with E-state index in [-0.39, 0.29) is 11.3 Å². The van der Waals surface area contributed by atoms with Gasteiger partial charge in [-0.25, -0.2) is 18.6 Å². The van der Waals surface area contributed by atoms with Crippen molar-refractivity contribution in [3.8, 4) is 5.75 Å². The third-order valence-corrected chi connectivity index (χ3v) is 8.95. The molecule has 43 heavy (non-hydrogen) atoms. The molecule has 0 saturated carbocycles. The zero-order valence-electron chi connectivity index (χ0n) is 23.4. The molecule has 0 heterocycles. The van der Waals surface area contributed by atoms with Crippen molar-refractivity contribution >= 4 is 48.8 Å². The van der Waals surface area contributed by atoms with Crippen LogP contribution in [0.2, 0.25) is 0 Å². The van der Waals surface area contributed by atoms with Crippen molar-refractivity contribution in [2.45, 2.75) is 30.9 Å². The molecule has 218 valence electrons. The highest BCUT2D eigenvalue weighted by Gasteiger charge is 2.23. The molecule has 5 rings (SSSR count). The van der Waals surface area contributed by atoms with Gasteiger partial charge in [0.25, 0.3) is 0 Å². The number of sulfonamides is 1. The SMILES string of the molecule is Cc1ccc(S(=O)(=O)N[C@@H](CC(=O)N/N=C\c2ccc(OCc3cccc4ccccc34)c(Br)c2)c2ccccc2)cc1. The lowest BCUT2D eigenvalue weighted by Crippen LogP contribution is -2.32. The second-order valence-corrected chi connectivity index (χ2v) is 12.6. The summed E-state index contributed by atoms with van der Waals surface area (Å²) in [6, 6.07) is 34.6. The van der Waals surface area contributed by atoms with Gasteiger partial charge >= 0.3 is 0 Å². The van der Waals surface area contributed by atoms with E-state index in [4.69, 9.17) is 4.74 Å². The number of benzene rings is 5. The molecule has 0 bridgehead atoms. The van der Waals surface area contributed by atoms with Crippen molar-refractivity contribution in [3.05, 3.63) is 142 Å². The van der Waals surface area contributed by atoms with Gasteiger partial charge in [0.05, 0.1) is 21.6 Å². The summed E-state index contributed by atoms with van der Waals surface area (Å²) in [4.78, 5) is 13.0. The Morgan fingerprint density at radius 3 is 2.40 bits per heavy atom. The number of nitrogens with one attached hydrogen (secondary N) is 2. The molecule has 0 spiro atoms. The third kappa shape index (κ3) is 7.95. The van der Waals surface area contributed by atoms with Crippen LogP contribution in [-0.4, -0.2) is 20.5 Å². The second-order valence-electron chi connectivity index (χ2n) is 10.0. The predicted molar refractivity (Wildman–Crippen MR) is 173 cm³/mol. The number of amides is 1. The second kappa shape index (κ2) is 13.8. The van der Waals surface area contributed by atoms with E-state index in [0.717, 1.165) is 31.9 Å². The molecule has 5 aromatic rings. The Balaban J connectivity index is 1.21. The van der Waals surface area contributed by atoms with Crippen LogP contribution in [-0.2, 0) is 21.4 Å². The van der Waals surface area contributed by atoms with Crippen LogP contribution in [0.15, 0.2) is 130 Å². The van der Waals surface area contributed by atoms with E-state index in [9.17, 15) is 13.2 Å². The number of nitrogens with zero attached hydrogens (tertiary/aromatic N) is 1. The van der Waals surface area contributed by atoms with Gasteiger partial charge in [-0.15, -0.1) is 0 Å². The van der Waals surface area contributed by atoms with Crippen molar-refractivity contribution in [1.29, 1.82) is 0 Å². The van der Waals surface area contributed by atoms with E-state index in [0.29, 0.717) is 17.9 Å². The predicted octanol–water partition coefficient (Wildman–Crippen LogP) is 7.05. The molecule has 0 radical (unpaired) electrons. The number of rotatable bonds is 11. The van der Waals surface area contributed by atoms with E-state index >= 15 is 0 Å². The largest absolute Gasteiger partial charge is 0.488 e. The first kappa shape index (κ1) is 30.2. The van der Waals surface area contributed by atoms with Crippen LogP contribution in [0.1, 0.15) is 34.7 Å². The fourth-order valence-corrected chi connectivity index (χ4v) is 6.32. The highest BCUT2D eigenvalue weighted by molar-refractivity contribution is 9.10.